The maximum absolute atomic E-state index is 9.31. The molecule has 1 aliphatic heterocycles. The molecular weight excluding hydrogens is 332 g/mol. The molecule has 2 rings (SSSR count). The minimum atomic E-state index is -1.87. The molecule has 1 N–H and O–H groups in total. The number of furan rings is 1. The number of ether oxygens (including phenoxy) is 1. The lowest BCUT2D eigenvalue weighted by Gasteiger charge is -2.49. The Hall–Kier alpha value is -0.623. The molecule has 0 radical (unpaired) electrons. The summed E-state index contributed by atoms with van der Waals surface area (Å²) >= 11 is 0. The van der Waals surface area contributed by atoms with Crippen LogP contribution in [0.5, 0.6) is 0 Å². The molecule has 5 heteroatoms. The van der Waals surface area contributed by atoms with Crippen molar-refractivity contribution in [3.63, 3.8) is 0 Å². The smallest absolute Gasteiger partial charge is 0.192 e. The van der Waals surface area contributed by atoms with Crippen molar-refractivity contribution in [1.29, 1.82) is 0 Å². The van der Waals surface area contributed by atoms with E-state index in [1.807, 2.05) is 12.1 Å². The number of hydrogen-bond donors (Lipinski definition) is 1. The molecule has 0 aliphatic carbocycles. The highest BCUT2D eigenvalue weighted by molar-refractivity contribution is 6.74. The summed E-state index contributed by atoms with van der Waals surface area (Å²) in [5.41, 5.74) is -0.347. The molecule has 1 aliphatic rings. The van der Waals surface area contributed by atoms with E-state index in [9.17, 15) is 5.11 Å². The van der Waals surface area contributed by atoms with Crippen molar-refractivity contribution in [2.75, 3.05) is 6.61 Å². The van der Waals surface area contributed by atoms with E-state index in [0.29, 0.717) is 6.42 Å². The first kappa shape index (κ1) is 20.7. The van der Waals surface area contributed by atoms with Crippen LogP contribution in [0.2, 0.25) is 18.1 Å². The van der Waals surface area contributed by atoms with Crippen LogP contribution in [-0.2, 0) is 15.6 Å². The highest BCUT2D eigenvalue weighted by Crippen LogP contribution is 2.43. The van der Waals surface area contributed by atoms with Gasteiger partial charge in [-0.15, -0.1) is 0 Å². The Morgan fingerprint density at radius 3 is 2.60 bits per heavy atom. The van der Waals surface area contributed by atoms with Gasteiger partial charge in [-0.2, -0.15) is 0 Å². The third kappa shape index (κ3) is 5.19. The molecule has 1 aromatic heterocycles. The summed E-state index contributed by atoms with van der Waals surface area (Å²) in [4.78, 5) is 0. The highest BCUT2D eigenvalue weighted by Gasteiger charge is 2.47. The van der Waals surface area contributed by atoms with Crippen molar-refractivity contribution in [3.05, 3.63) is 24.2 Å². The second kappa shape index (κ2) is 7.95. The van der Waals surface area contributed by atoms with Gasteiger partial charge in [-0.1, -0.05) is 20.8 Å². The Balaban J connectivity index is 2.14. The predicted molar refractivity (Wildman–Crippen MR) is 103 cm³/mol. The molecule has 2 heterocycles. The van der Waals surface area contributed by atoms with E-state index in [1.54, 1.807) is 6.26 Å². The summed E-state index contributed by atoms with van der Waals surface area (Å²) in [5.74, 6) is 0.986. The Bertz CT molecular complexity index is 520. The van der Waals surface area contributed by atoms with Gasteiger partial charge in [-0.25, -0.2) is 0 Å². The fourth-order valence-electron chi connectivity index (χ4n) is 3.27. The molecule has 4 nitrogen and oxygen atoms in total. The Labute approximate surface area is 154 Å². The predicted octanol–water partition coefficient (Wildman–Crippen LogP) is 4.92. The van der Waals surface area contributed by atoms with Crippen LogP contribution >= 0.6 is 0 Å². The Morgan fingerprint density at radius 1 is 1.32 bits per heavy atom. The van der Waals surface area contributed by atoms with Gasteiger partial charge in [0.1, 0.15) is 5.76 Å². The van der Waals surface area contributed by atoms with Gasteiger partial charge < -0.3 is 18.7 Å². The quantitative estimate of drug-likeness (QED) is 0.694. The van der Waals surface area contributed by atoms with E-state index < -0.39 is 8.32 Å². The summed E-state index contributed by atoms with van der Waals surface area (Å²) in [5, 5.41) is 9.49. The maximum Gasteiger partial charge on any atom is 0.192 e. The first-order valence-electron chi connectivity index (χ1n) is 9.56. The highest BCUT2D eigenvalue weighted by atomic mass is 28.4. The van der Waals surface area contributed by atoms with Gasteiger partial charge in [0.25, 0.3) is 0 Å². The summed E-state index contributed by atoms with van der Waals surface area (Å²) < 4.78 is 18.8. The Kier molecular flexibility index (Phi) is 6.58. The molecule has 0 amide bonds. The number of hydrogen-bond acceptors (Lipinski definition) is 4. The average molecular weight is 369 g/mol. The van der Waals surface area contributed by atoms with Crippen molar-refractivity contribution in [3.8, 4) is 0 Å². The monoisotopic (exact) mass is 368 g/mol. The molecule has 144 valence electrons. The summed E-state index contributed by atoms with van der Waals surface area (Å²) in [6.45, 7) is 13.8. The van der Waals surface area contributed by atoms with Crippen LogP contribution in [0.25, 0.3) is 0 Å². The van der Waals surface area contributed by atoms with Gasteiger partial charge in [0.15, 0.2) is 8.32 Å². The van der Waals surface area contributed by atoms with E-state index in [-0.39, 0.29) is 29.5 Å². The topological polar surface area (TPSA) is 51.8 Å². The van der Waals surface area contributed by atoms with Gasteiger partial charge in [-0.3, -0.25) is 0 Å². The molecule has 3 atom stereocenters. The van der Waals surface area contributed by atoms with Crippen molar-refractivity contribution in [1.82, 2.24) is 0 Å². The summed E-state index contributed by atoms with van der Waals surface area (Å²) in [6, 6.07) is 3.94. The standard InChI is InChI=1S/C20H36O4Si/c1-19(2,3)25(5,6)24-18-10-9-17(12-14-21)23-20(18,4)13-11-16-8-7-15-22-16/h7-8,15,17-18,21H,9-14H2,1-6H3/t17-,18+,20-/m0/s1. The zero-order valence-corrected chi connectivity index (χ0v) is 17.8. The van der Waals surface area contributed by atoms with Gasteiger partial charge in [0.05, 0.1) is 24.1 Å². The van der Waals surface area contributed by atoms with Crippen molar-refractivity contribution in [2.45, 2.75) is 95.7 Å². The van der Waals surface area contributed by atoms with Crippen LogP contribution in [0.3, 0.4) is 0 Å². The zero-order chi connectivity index (χ0) is 18.7. The van der Waals surface area contributed by atoms with Crippen molar-refractivity contribution >= 4 is 8.32 Å². The number of aliphatic hydroxyl groups excluding tert-OH is 1. The fraction of sp³-hybridized carbons (Fsp3) is 0.800. The minimum absolute atomic E-state index is 0.0956. The molecule has 1 fully saturated rings. The largest absolute Gasteiger partial charge is 0.469 e. The first-order valence-corrected chi connectivity index (χ1v) is 12.5. The first-order chi connectivity index (χ1) is 11.6. The minimum Gasteiger partial charge on any atom is -0.469 e. The van der Waals surface area contributed by atoms with Crippen LogP contribution < -0.4 is 0 Å². The molecular formula is C20H36O4Si. The van der Waals surface area contributed by atoms with E-state index in [2.05, 4.69) is 40.8 Å². The number of aryl methyl sites for hydroxylation is 1. The van der Waals surface area contributed by atoms with Gasteiger partial charge >= 0.3 is 0 Å². The zero-order valence-electron chi connectivity index (χ0n) is 16.8. The van der Waals surface area contributed by atoms with E-state index in [0.717, 1.165) is 31.4 Å². The lowest BCUT2D eigenvalue weighted by atomic mass is 9.85. The molecule has 0 bridgehead atoms. The number of aliphatic hydroxyl groups is 1. The van der Waals surface area contributed by atoms with E-state index in [4.69, 9.17) is 13.6 Å². The third-order valence-corrected chi connectivity index (χ3v) is 10.5. The van der Waals surface area contributed by atoms with Gasteiger partial charge in [0, 0.05) is 13.0 Å². The third-order valence-electron chi connectivity index (χ3n) is 6.01. The van der Waals surface area contributed by atoms with Crippen molar-refractivity contribution < 1.29 is 18.7 Å². The summed E-state index contributed by atoms with van der Waals surface area (Å²) in [6.07, 6.45) is 6.28. The van der Waals surface area contributed by atoms with Gasteiger partial charge in [0.2, 0.25) is 0 Å². The Morgan fingerprint density at radius 2 is 2.04 bits per heavy atom. The number of rotatable bonds is 7. The lowest BCUT2D eigenvalue weighted by molar-refractivity contribution is -0.182. The van der Waals surface area contributed by atoms with Crippen LogP contribution in [0.15, 0.2) is 22.8 Å². The lowest BCUT2D eigenvalue weighted by Crippen LogP contribution is -2.56. The SMILES string of the molecule is CC(C)(C)[Si](C)(C)O[C@@H]1CC[C@@H](CCO)O[C@@]1(C)CCc1ccco1. The fourth-order valence-corrected chi connectivity index (χ4v) is 4.70. The van der Waals surface area contributed by atoms with E-state index >= 15 is 0 Å². The van der Waals surface area contributed by atoms with Crippen LogP contribution in [0.1, 0.15) is 59.1 Å². The van der Waals surface area contributed by atoms with Crippen molar-refractivity contribution in [2.24, 2.45) is 0 Å². The van der Waals surface area contributed by atoms with E-state index in [1.165, 1.54) is 0 Å². The average Bonchev–Trinajstić information content (AvgIpc) is 3.01. The normalized spacial score (nSPS) is 28.3. The second-order valence-electron chi connectivity index (χ2n) is 9.09. The molecule has 0 spiro atoms. The maximum atomic E-state index is 9.31. The van der Waals surface area contributed by atoms with Crippen LogP contribution in [-0.4, -0.2) is 37.8 Å². The van der Waals surface area contributed by atoms with Crippen LogP contribution in [0, 0.1) is 0 Å². The molecule has 1 saturated heterocycles. The van der Waals surface area contributed by atoms with Gasteiger partial charge in [-0.05, 0) is 62.9 Å². The van der Waals surface area contributed by atoms with Crippen LogP contribution in [0.4, 0.5) is 0 Å². The molecule has 1 aromatic rings. The second-order valence-corrected chi connectivity index (χ2v) is 13.8. The summed E-state index contributed by atoms with van der Waals surface area (Å²) in [7, 11) is -1.87. The molecule has 0 saturated carbocycles. The molecule has 0 unspecified atom stereocenters. The molecule has 25 heavy (non-hydrogen) atoms. The molecule has 0 aromatic carbocycles.